The van der Waals surface area contributed by atoms with Crippen LogP contribution in [-0.2, 0) is 17.9 Å². The topological polar surface area (TPSA) is 67.8 Å². The Kier molecular flexibility index (Phi) is 8.71. The normalized spacial score (nSPS) is 23.2. The molecule has 2 aromatic carbocycles. The average Bonchev–Trinajstić information content (AvgIpc) is 2.86. The van der Waals surface area contributed by atoms with Gasteiger partial charge in [-0.3, -0.25) is 9.69 Å². The highest BCUT2D eigenvalue weighted by Gasteiger charge is 2.29. The first-order chi connectivity index (χ1) is 16.8. The van der Waals surface area contributed by atoms with Crippen molar-refractivity contribution in [2.75, 3.05) is 36.9 Å². The molecule has 7 heteroatoms. The maximum Gasteiger partial charge on any atom is 0.229 e. The van der Waals surface area contributed by atoms with Crippen LogP contribution in [0.25, 0.3) is 0 Å². The van der Waals surface area contributed by atoms with Crippen molar-refractivity contribution >= 4 is 28.9 Å². The number of aliphatic hydroxyl groups is 1. The summed E-state index contributed by atoms with van der Waals surface area (Å²) in [5.41, 5.74) is 5.25. The molecule has 0 unspecified atom stereocenters. The van der Waals surface area contributed by atoms with Gasteiger partial charge in [0.25, 0.3) is 0 Å². The second kappa shape index (κ2) is 11.7. The van der Waals surface area contributed by atoms with E-state index in [1.54, 1.807) is 0 Å². The molecule has 1 amide bonds. The van der Waals surface area contributed by atoms with E-state index in [1.807, 2.05) is 30.1 Å². The molecule has 1 heterocycles. The summed E-state index contributed by atoms with van der Waals surface area (Å²) in [7, 11) is 1.91. The number of amides is 1. The highest BCUT2D eigenvalue weighted by Crippen LogP contribution is 2.31. The summed E-state index contributed by atoms with van der Waals surface area (Å²) in [4.78, 5) is 17.6. The van der Waals surface area contributed by atoms with Gasteiger partial charge in [0.1, 0.15) is 0 Å². The quantitative estimate of drug-likeness (QED) is 0.522. The van der Waals surface area contributed by atoms with E-state index >= 15 is 0 Å². The minimum atomic E-state index is -0.0721. The minimum Gasteiger partial charge on any atom is -0.392 e. The van der Waals surface area contributed by atoms with Gasteiger partial charge in [0.15, 0.2) is 0 Å². The van der Waals surface area contributed by atoms with Crippen molar-refractivity contribution in [3.8, 4) is 0 Å². The number of rotatable bonds is 7. The average molecular weight is 499 g/mol. The summed E-state index contributed by atoms with van der Waals surface area (Å²) in [6.45, 7) is 8.45. The van der Waals surface area contributed by atoms with Crippen molar-refractivity contribution < 1.29 is 9.90 Å². The fraction of sp³-hybridized carbons (Fsp3) is 0.536. The zero-order valence-corrected chi connectivity index (χ0v) is 21.9. The van der Waals surface area contributed by atoms with Crippen LogP contribution >= 0.6 is 11.6 Å². The molecular weight excluding hydrogens is 460 g/mol. The van der Waals surface area contributed by atoms with Gasteiger partial charge in [0.05, 0.1) is 6.61 Å². The van der Waals surface area contributed by atoms with Crippen LogP contribution in [0.2, 0.25) is 5.02 Å². The Morgan fingerprint density at radius 2 is 1.94 bits per heavy atom. The molecule has 35 heavy (non-hydrogen) atoms. The number of aryl methyl sites for hydroxylation is 1. The maximum atomic E-state index is 13.3. The lowest BCUT2D eigenvalue weighted by molar-refractivity contribution is -0.123. The zero-order valence-electron chi connectivity index (χ0n) is 21.2. The van der Waals surface area contributed by atoms with Crippen molar-refractivity contribution in [1.82, 2.24) is 10.2 Å². The largest absolute Gasteiger partial charge is 0.392 e. The van der Waals surface area contributed by atoms with Crippen LogP contribution in [0.3, 0.4) is 0 Å². The third-order valence-corrected chi connectivity index (χ3v) is 7.92. The molecule has 1 aliphatic carbocycles. The Balaban J connectivity index is 1.30. The summed E-state index contributed by atoms with van der Waals surface area (Å²) in [5, 5.41) is 17.1. The predicted molar refractivity (Wildman–Crippen MR) is 144 cm³/mol. The molecule has 0 bridgehead atoms. The molecule has 3 N–H and O–H groups in total. The number of aliphatic hydroxyl groups excluding tert-OH is 1. The van der Waals surface area contributed by atoms with Crippen LogP contribution in [0.4, 0.5) is 11.4 Å². The van der Waals surface area contributed by atoms with Gasteiger partial charge in [-0.05, 0) is 86.6 Å². The molecule has 2 fully saturated rings. The first-order valence-corrected chi connectivity index (χ1v) is 13.2. The van der Waals surface area contributed by atoms with Crippen molar-refractivity contribution in [2.45, 2.75) is 64.8 Å². The third-order valence-electron chi connectivity index (χ3n) is 7.55. The highest BCUT2D eigenvalue weighted by atomic mass is 35.5. The van der Waals surface area contributed by atoms with E-state index < -0.39 is 0 Å². The molecule has 6 nitrogen and oxygen atoms in total. The molecule has 1 aliphatic heterocycles. The molecule has 190 valence electrons. The standard InChI is InChI=1S/C28H39ClN4O2/c1-19-14-26(10-6-22(19)17-33-13-12-30-20(2)16-33)32(3)28(35)21-4-7-24(8-5-21)31-25-9-11-27(29)23(15-25)18-34/h6,9-11,14-15,20-21,24,30-31,34H,4-5,7-8,12-13,16-18H2,1-3H3/t20-,21?,24?/m0/s1. The zero-order chi connectivity index (χ0) is 24.9. The molecule has 2 aromatic rings. The van der Waals surface area contributed by atoms with E-state index in [0.29, 0.717) is 17.1 Å². The van der Waals surface area contributed by atoms with Gasteiger partial charge in [-0.25, -0.2) is 0 Å². The van der Waals surface area contributed by atoms with Gasteiger partial charge in [-0.1, -0.05) is 17.7 Å². The molecule has 1 saturated carbocycles. The van der Waals surface area contributed by atoms with Gasteiger partial charge in [-0.15, -0.1) is 0 Å². The molecule has 2 aliphatic rings. The highest BCUT2D eigenvalue weighted by molar-refractivity contribution is 6.31. The number of hydrogen-bond donors (Lipinski definition) is 3. The van der Waals surface area contributed by atoms with Crippen LogP contribution in [0.5, 0.6) is 0 Å². The Labute approximate surface area is 214 Å². The van der Waals surface area contributed by atoms with Crippen molar-refractivity contribution in [2.24, 2.45) is 5.92 Å². The molecule has 1 atom stereocenters. The molecule has 0 aromatic heterocycles. The lowest BCUT2D eigenvalue weighted by atomic mass is 9.85. The number of benzene rings is 2. The lowest BCUT2D eigenvalue weighted by Gasteiger charge is -2.33. The van der Waals surface area contributed by atoms with E-state index in [9.17, 15) is 9.90 Å². The Hall–Kier alpha value is -2.12. The minimum absolute atomic E-state index is 0.0543. The summed E-state index contributed by atoms with van der Waals surface area (Å²) in [6.07, 6.45) is 3.64. The van der Waals surface area contributed by atoms with E-state index in [4.69, 9.17) is 11.6 Å². The summed E-state index contributed by atoms with van der Waals surface area (Å²) < 4.78 is 0. The monoisotopic (exact) mass is 498 g/mol. The van der Waals surface area contributed by atoms with E-state index in [1.165, 1.54) is 11.1 Å². The van der Waals surface area contributed by atoms with E-state index in [-0.39, 0.29) is 18.4 Å². The maximum absolute atomic E-state index is 13.3. The molecule has 0 radical (unpaired) electrons. The van der Waals surface area contributed by atoms with Crippen molar-refractivity contribution in [3.63, 3.8) is 0 Å². The second-order valence-electron chi connectivity index (χ2n) is 10.3. The summed E-state index contributed by atoms with van der Waals surface area (Å²) in [6, 6.07) is 13.0. The lowest BCUT2D eigenvalue weighted by Crippen LogP contribution is -2.48. The summed E-state index contributed by atoms with van der Waals surface area (Å²) in [5.74, 6) is 0.263. The smallest absolute Gasteiger partial charge is 0.229 e. The van der Waals surface area contributed by atoms with Gasteiger partial charge >= 0.3 is 0 Å². The van der Waals surface area contributed by atoms with E-state index in [0.717, 1.165) is 68.8 Å². The number of anilines is 2. The van der Waals surface area contributed by atoms with Crippen LogP contribution < -0.4 is 15.5 Å². The van der Waals surface area contributed by atoms with E-state index in [2.05, 4.69) is 47.6 Å². The SMILES string of the molecule is Cc1cc(N(C)C(=O)C2CCC(Nc3ccc(Cl)c(CO)c3)CC2)ccc1CN1CCN[C@@H](C)C1. The fourth-order valence-electron chi connectivity index (χ4n) is 5.37. The van der Waals surface area contributed by atoms with Crippen LogP contribution in [0.1, 0.15) is 49.3 Å². The third kappa shape index (κ3) is 6.56. The number of hydrogen-bond acceptors (Lipinski definition) is 5. The Morgan fingerprint density at radius 1 is 1.17 bits per heavy atom. The van der Waals surface area contributed by atoms with Gasteiger partial charge in [-0.2, -0.15) is 0 Å². The number of carbonyl (C=O) groups excluding carboxylic acids is 1. The number of halogens is 1. The Morgan fingerprint density at radius 3 is 2.63 bits per heavy atom. The first kappa shape index (κ1) is 26.0. The first-order valence-electron chi connectivity index (χ1n) is 12.8. The van der Waals surface area contributed by atoms with Gasteiger partial charge in [0, 0.05) is 67.6 Å². The molecule has 4 rings (SSSR count). The molecule has 0 spiro atoms. The second-order valence-corrected chi connectivity index (χ2v) is 10.7. The number of nitrogens with zero attached hydrogens (tertiary/aromatic N) is 2. The summed E-state index contributed by atoms with van der Waals surface area (Å²) >= 11 is 6.11. The molecular formula is C28H39ClN4O2. The Bertz CT molecular complexity index is 1020. The fourth-order valence-corrected chi connectivity index (χ4v) is 5.55. The number of nitrogens with one attached hydrogen (secondary N) is 2. The predicted octanol–water partition coefficient (Wildman–Crippen LogP) is 4.57. The number of piperazine rings is 1. The van der Waals surface area contributed by atoms with Crippen LogP contribution in [-0.4, -0.2) is 54.7 Å². The van der Waals surface area contributed by atoms with Crippen LogP contribution in [0, 0.1) is 12.8 Å². The van der Waals surface area contributed by atoms with Gasteiger partial charge < -0.3 is 20.6 Å². The number of carbonyl (C=O) groups is 1. The molecule has 1 saturated heterocycles. The van der Waals surface area contributed by atoms with Crippen molar-refractivity contribution in [3.05, 3.63) is 58.1 Å². The van der Waals surface area contributed by atoms with Crippen molar-refractivity contribution in [1.29, 1.82) is 0 Å². The van der Waals surface area contributed by atoms with Gasteiger partial charge in [0.2, 0.25) is 5.91 Å². The van der Waals surface area contributed by atoms with Crippen LogP contribution in [0.15, 0.2) is 36.4 Å².